The summed E-state index contributed by atoms with van der Waals surface area (Å²) >= 11 is 5.97. The van der Waals surface area contributed by atoms with Crippen molar-refractivity contribution in [3.63, 3.8) is 0 Å². The van der Waals surface area contributed by atoms with Crippen LogP contribution in [0.4, 0.5) is 0 Å². The number of rotatable bonds is 3. The van der Waals surface area contributed by atoms with E-state index in [1.165, 1.54) is 0 Å². The number of aromatic nitrogens is 1. The van der Waals surface area contributed by atoms with E-state index in [2.05, 4.69) is 14.8 Å². The lowest BCUT2D eigenvalue weighted by Crippen LogP contribution is -2.51. The van der Waals surface area contributed by atoms with E-state index < -0.39 is 0 Å². The van der Waals surface area contributed by atoms with Gasteiger partial charge in [0, 0.05) is 51.2 Å². The third kappa shape index (κ3) is 4.33. The van der Waals surface area contributed by atoms with Gasteiger partial charge >= 0.3 is 0 Å². The Labute approximate surface area is 171 Å². The average Bonchev–Trinajstić information content (AvgIpc) is 3.28. The number of halogens is 1. The second-order valence-corrected chi connectivity index (χ2v) is 8.72. The van der Waals surface area contributed by atoms with Gasteiger partial charge in [-0.05, 0) is 51.1 Å². The van der Waals surface area contributed by atoms with Crippen LogP contribution >= 0.6 is 11.6 Å². The van der Waals surface area contributed by atoms with Crippen LogP contribution in [0.3, 0.4) is 0 Å². The number of hydrogen-bond acceptors (Lipinski definition) is 4. The first-order valence-electron chi connectivity index (χ1n) is 10.5. The third-order valence-electron chi connectivity index (χ3n) is 6.44. The Morgan fingerprint density at radius 2 is 1.68 bits per heavy atom. The van der Waals surface area contributed by atoms with Crippen molar-refractivity contribution >= 4 is 23.4 Å². The summed E-state index contributed by atoms with van der Waals surface area (Å²) in [6, 6.07) is 2.15. The Balaban J connectivity index is 1.30. The molecule has 2 amide bonds. The van der Waals surface area contributed by atoms with Crippen molar-refractivity contribution in [3.8, 4) is 0 Å². The van der Waals surface area contributed by atoms with Gasteiger partial charge in [0.25, 0.3) is 5.91 Å². The highest BCUT2D eigenvalue weighted by Crippen LogP contribution is 2.26. The molecule has 28 heavy (non-hydrogen) atoms. The number of carbonyl (C=O) groups excluding carboxylic acids is 2. The van der Waals surface area contributed by atoms with Gasteiger partial charge in [-0.2, -0.15) is 0 Å². The van der Waals surface area contributed by atoms with Gasteiger partial charge in [0.05, 0.1) is 16.5 Å². The highest BCUT2D eigenvalue weighted by atomic mass is 35.5. The van der Waals surface area contributed by atoms with E-state index in [1.54, 1.807) is 18.5 Å². The maximum atomic E-state index is 12.8. The van der Waals surface area contributed by atoms with Gasteiger partial charge in [0.15, 0.2) is 0 Å². The molecule has 0 radical (unpaired) electrons. The molecule has 0 aromatic carbocycles. The zero-order valence-corrected chi connectivity index (χ0v) is 17.1. The van der Waals surface area contributed by atoms with E-state index in [0.717, 1.165) is 77.8 Å². The first-order valence-corrected chi connectivity index (χ1v) is 10.9. The van der Waals surface area contributed by atoms with Crippen molar-refractivity contribution in [1.29, 1.82) is 0 Å². The predicted octanol–water partition coefficient (Wildman–Crippen LogP) is 2.67. The van der Waals surface area contributed by atoms with Crippen LogP contribution in [-0.4, -0.2) is 76.8 Å². The number of nitrogens with zero attached hydrogens (tertiary/aromatic N) is 4. The van der Waals surface area contributed by atoms with Crippen LogP contribution in [0, 0.1) is 5.92 Å². The van der Waals surface area contributed by atoms with Gasteiger partial charge in [-0.3, -0.25) is 19.5 Å². The highest BCUT2D eigenvalue weighted by molar-refractivity contribution is 6.30. The number of carbonyl (C=O) groups is 2. The molecule has 0 unspecified atom stereocenters. The Morgan fingerprint density at radius 3 is 2.39 bits per heavy atom. The maximum absolute atomic E-state index is 12.8. The molecule has 3 fully saturated rings. The fraction of sp³-hybridized carbons (Fsp3) is 0.667. The molecular formula is C21H29ClN4O2. The molecule has 7 heteroatoms. The average molecular weight is 405 g/mol. The Hall–Kier alpha value is -1.66. The van der Waals surface area contributed by atoms with Crippen molar-refractivity contribution in [1.82, 2.24) is 19.7 Å². The zero-order chi connectivity index (χ0) is 19.5. The highest BCUT2D eigenvalue weighted by Gasteiger charge is 2.34. The van der Waals surface area contributed by atoms with E-state index in [0.29, 0.717) is 22.5 Å². The van der Waals surface area contributed by atoms with Gasteiger partial charge < -0.3 is 9.80 Å². The standard InChI is InChI=1S/C21H29ClN4O2/c22-18-12-17(13-23-14-18)21(28)25-10-5-19(6-11-25)26-9-3-4-16(15-26)20(27)24-7-1-2-8-24/h12-14,16,19H,1-11,15H2/t16-/m0/s1. The lowest BCUT2D eigenvalue weighted by Gasteiger charge is -2.42. The number of likely N-dealkylation sites (tertiary alicyclic amines) is 3. The third-order valence-corrected chi connectivity index (χ3v) is 6.65. The minimum absolute atomic E-state index is 0.00850. The molecule has 4 rings (SSSR count). The van der Waals surface area contributed by atoms with Crippen LogP contribution in [-0.2, 0) is 4.79 Å². The summed E-state index contributed by atoms with van der Waals surface area (Å²) in [6.07, 6.45) is 9.46. The summed E-state index contributed by atoms with van der Waals surface area (Å²) < 4.78 is 0. The molecule has 3 aliphatic heterocycles. The molecule has 1 atom stereocenters. The van der Waals surface area contributed by atoms with Crippen LogP contribution in [0.15, 0.2) is 18.5 Å². The van der Waals surface area contributed by atoms with Gasteiger partial charge in [-0.15, -0.1) is 0 Å². The molecule has 1 aromatic heterocycles. The number of piperidine rings is 2. The second-order valence-electron chi connectivity index (χ2n) is 8.28. The van der Waals surface area contributed by atoms with Crippen LogP contribution < -0.4 is 0 Å². The molecule has 0 aliphatic carbocycles. The largest absolute Gasteiger partial charge is 0.342 e. The number of hydrogen-bond donors (Lipinski definition) is 0. The number of pyridine rings is 1. The van der Waals surface area contributed by atoms with Crippen LogP contribution in [0.25, 0.3) is 0 Å². The summed E-state index contributed by atoms with van der Waals surface area (Å²) in [6.45, 7) is 5.32. The van der Waals surface area contributed by atoms with Crippen molar-refractivity contribution < 1.29 is 9.59 Å². The molecule has 0 saturated carbocycles. The molecule has 4 heterocycles. The van der Waals surface area contributed by atoms with Gasteiger partial charge in [0.1, 0.15) is 0 Å². The molecular weight excluding hydrogens is 376 g/mol. The second kappa shape index (κ2) is 8.78. The number of amides is 2. The van der Waals surface area contributed by atoms with E-state index >= 15 is 0 Å². The summed E-state index contributed by atoms with van der Waals surface area (Å²) in [5.74, 6) is 0.529. The predicted molar refractivity (Wildman–Crippen MR) is 108 cm³/mol. The molecule has 6 nitrogen and oxygen atoms in total. The summed E-state index contributed by atoms with van der Waals surface area (Å²) in [5, 5.41) is 0.489. The van der Waals surface area contributed by atoms with Crippen molar-refractivity contribution in [3.05, 3.63) is 29.0 Å². The minimum atomic E-state index is 0.00850. The van der Waals surface area contributed by atoms with E-state index in [1.807, 2.05) is 4.90 Å². The van der Waals surface area contributed by atoms with Crippen molar-refractivity contribution in [2.75, 3.05) is 39.3 Å². The van der Waals surface area contributed by atoms with Crippen molar-refractivity contribution in [2.45, 2.75) is 44.6 Å². The molecule has 0 spiro atoms. The molecule has 3 aliphatic rings. The normalized spacial score (nSPS) is 24.5. The van der Waals surface area contributed by atoms with E-state index in [9.17, 15) is 9.59 Å². The molecule has 0 bridgehead atoms. The Bertz CT molecular complexity index is 714. The first-order chi connectivity index (χ1) is 13.6. The lowest BCUT2D eigenvalue weighted by atomic mass is 9.92. The van der Waals surface area contributed by atoms with Gasteiger partial charge in [-0.1, -0.05) is 11.6 Å². The molecule has 1 aromatic rings. The van der Waals surface area contributed by atoms with Crippen molar-refractivity contribution in [2.24, 2.45) is 5.92 Å². The molecule has 152 valence electrons. The molecule has 3 saturated heterocycles. The lowest BCUT2D eigenvalue weighted by molar-refractivity contribution is -0.136. The van der Waals surface area contributed by atoms with E-state index in [4.69, 9.17) is 11.6 Å². The first kappa shape index (κ1) is 19.6. The topological polar surface area (TPSA) is 56.8 Å². The minimum Gasteiger partial charge on any atom is -0.342 e. The maximum Gasteiger partial charge on any atom is 0.255 e. The zero-order valence-electron chi connectivity index (χ0n) is 16.4. The fourth-order valence-electron chi connectivity index (χ4n) is 4.88. The monoisotopic (exact) mass is 404 g/mol. The Kier molecular flexibility index (Phi) is 6.16. The van der Waals surface area contributed by atoms with Crippen LogP contribution in [0.1, 0.15) is 48.9 Å². The smallest absolute Gasteiger partial charge is 0.255 e. The SMILES string of the molecule is O=C(c1cncc(Cl)c1)N1CCC(N2CCC[C@H](C(=O)N3CCCC3)C2)CC1. The quantitative estimate of drug-likeness (QED) is 0.777. The fourth-order valence-corrected chi connectivity index (χ4v) is 5.05. The van der Waals surface area contributed by atoms with Gasteiger partial charge in [-0.25, -0.2) is 0 Å². The summed E-state index contributed by atoms with van der Waals surface area (Å²) in [5.41, 5.74) is 0.556. The van der Waals surface area contributed by atoms with Gasteiger partial charge in [0.2, 0.25) is 5.91 Å². The Morgan fingerprint density at radius 1 is 0.929 bits per heavy atom. The van der Waals surface area contributed by atoms with Crippen LogP contribution in [0.5, 0.6) is 0 Å². The summed E-state index contributed by atoms with van der Waals surface area (Å²) in [4.78, 5) is 36.0. The van der Waals surface area contributed by atoms with Crippen LogP contribution in [0.2, 0.25) is 5.02 Å². The summed E-state index contributed by atoms with van der Waals surface area (Å²) in [7, 11) is 0. The molecule has 0 N–H and O–H groups in total. The van der Waals surface area contributed by atoms with E-state index in [-0.39, 0.29) is 11.8 Å².